The monoisotopic (exact) mass is 290 g/mol. The third-order valence-corrected chi connectivity index (χ3v) is 3.43. The molecule has 18 heavy (non-hydrogen) atoms. The van der Waals surface area contributed by atoms with Crippen LogP contribution in [0.4, 0.5) is 10.1 Å². The summed E-state index contributed by atoms with van der Waals surface area (Å²) < 4.78 is 13.2. The molecule has 1 atom stereocenters. The molecular weight excluding hydrogens is 278 g/mol. The maximum atomic E-state index is 13.2. The van der Waals surface area contributed by atoms with Crippen LogP contribution in [-0.2, 0) is 4.79 Å². The molecule has 0 spiro atoms. The predicted molar refractivity (Wildman–Crippen MR) is 70.7 cm³/mol. The minimum absolute atomic E-state index is 0.102. The van der Waals surface area contributed by atoms with E-state index >= 15 is 0 Å². The molecule has 1 aliphatic heterocycles. The Bertz CT molecular complexity index is 438. The molecule has 1 fully saturated rings. The van der Waals surface area contributed by atoms with Gasteiger partial charge in [-0.3, -0.25) is 4.79 Å². The Morgan fingerprint density at radius 3 is 2.56 bits per heavy atom. The van der Waals surface area contributed by atoms with Gasteiger partial charge >= 0.3 is 0 Å². The zero-order valence-electron chi connectivity index (χ0n) is 9.60. The summed E-state index contributed by atoms with van der Waals surface area (Å²) in [5.74, 6) is -0.819. The molecule has 1 unspecified atom stereocenters. The maximum Gasteiger partial charge on any atom is 0.241 e. The van der Waals surface area contributed by atoms with Crippen LogP contribution < -0.4 is 10.6 Å². The van der Waals surface area contributed by atoms with E-state index in [1.807, 2.05) is 0 Å². The second-order valence-corrected chi connectivity index (χ2v) is 5.06. The number of carbonyl (C=O) groups excluding carboxylic acids is 1. The van der Waals surface area contributed by atoms with Crippen molar-refractivity contribution in [3.63, 3.8) is 0 Å². The molecule has 2 N–H and O–H groups in total. The first-order chi connectivity index (χ1) is 8.58. The summed E-state index contributed by atoms with van der Waals surface area (Å²) in [6.07, 6.45) is 2.91. The minimum Gasteiger partial charge on any atom is -0.325 e. The highest BCUT2D eigenvalue weighted by molar-refractivity contribution is 6.35. The molecule has 1 amide bonds. The highest BCUT2D eigenvalue weighted by atomic mass is 35.5. The van der Waals surface area contributed by atoms with E-state index in [4.69, 9.17) is 23.2 Å². The van der Waals surface area contributed by atoms with Gasteiger partial charge in [0.2, 0.25) is 5.91 Å². The van der Waals surface area contributed by atoms with Gasteiger partial charge in [-0.05, 0) is 31.5 Å². The van der Waals surface area contributed by atoms with Crippen LogP contribution in [-0.4, -0.2) is 18.5 Å². The van der Waals surface area contributed by atoms with Gasteiger partial charge in [-0.25, -0.2) is 4.39 Å². The molecule has 1 heterocycles. The largest absolute Gasteiger partial charge is 0.325 e. The van der Waals surface area contributed by atoms with Crippen molar-refractivity contribution in [2.24, 2.45) is 0 Å². The van der Waals surface area contributed by atoms with Crippen molar-refractivity contribution in [2.75, 3.05) is 11.9 Å². The molecule has 1 aromatic rings. The standard InChI is InChI=1S/C12H13Cl2FN2O/c13-8-5-7(6-9(14)11(8)15)17-12(18)10-3-1-2-4-16-10/h5-6,10,16H,1-4H2,(H,17,18). The first kappa shape index (κ1) is 13.6. The molecule has 1 saturated heterocycles. The van der Waals surface area contributed by atoms with Crippen LogP contribution in [0.15, 0.2) is 12.1 Å². The van der Waals surface area contributed by atoms with Crippen molar-refractivity contribution < 1.29 is 9.18 Å². The molecule has 0 radical (unpaired) electrons. The van der Waals surface area contributed by atoms with Gasteiger partial charge in [-0.1, -0.05) is 29.6 Å². The molecule has 0 saturated carbocycles. The molecule has 0 bridgehead atoms. The van der Waals surface area contributed by atoms with Crippen LogP contribution >= 0.6 is 23.2 Å². The first-order valence-corrected chi connectivity index (χ1v) is 6.52. The van der Waals surface area contributed by atoms with E-state index in [0.717, 1.165) is 25.8 Å². The van der Waals surface area contributed by atoms with E-state index in [1.54, 1.807) is 0 Å². The van der Waals surface area contributed by atoms with Gasteiger partial charge in [-0.15, -0.1) is 0 Å². The quantitative estimate of drug-likeness (QED) is 0.821. The van der Waals surface area contributed by atoms with Crippen LogP contribution in [0.2, 0.25) is 10.0 Å². The van der Waals surface area contributed by atoms with Gasteiger partial charge in [-0.2, -0.15) is 0 Å². The van der Waals surface area contributed by atoms with Crippen LogP contribution in [0, 0.1) is 5.82 Å². The van der Waals surface area contributed by atoms with Crippen LogP contribution in [0.1, 0.15) is 19.3 Å². The number of rotatable bonds is 2. The average Bonchev–Trinajstić information content (AvgIpc) is 2.37. The van der Waals surface area contributed by atoms with E-state index in [0.29, 0.717) is 5.69 Å². The number of hydrogen-bond donors (Lipinski definition) is 2. The summed E-state index contributed by atoms with van der Waals surface area (Å²) in [7, 11) is 0. The summed E-state index contributed by atoms with van der Waals surface area (Å²) in [6.45, 7) is 0.836. The Balaban J connectivity index is 2.06. The zero-order chi connectivity index (χ0) is 13.1. The topological polar surface area (TPSA) is 41.1 Å². The Labute approximate surface area is 115 Å². The summed E-state index contributed by atoms with van der Waals surface area (Å²) in [5, 5.41) is 5.61. The smallest absolute Gasteiger partial charge is 0.241 e. The van der Waals surface area contributed by atoms with Gasteiger partial charge in [0.15, 0.2) is 5.82 Å². The second kappa shape index (κ2) is 5.87. The van der Waals surface area contributed by atoms with Crippen molar-refractivity contribution in [3.05, 3.63) is 28.0 Å². The lowest BCUT2D eigenvalue weighted by molar-refractivity contribution is -0.118. The first-order valence-electron chi connectivity index (χ1n) is 5.76. The molecule has 0 aliphatic carbocycles. The van der Waals surface area contributed by atoms with E-state index in [-0.39, 0.29) is 22.0 Å². The number of hydrogen-bond acceptors (Lipinski definition) is 2. The Morgan fingerprint density at radius 2 is 2.00 bits per heavy atom. The van der Waals surface area contributed by atoms with Crippen molar-refractivity contribution >= 4 is 34.8 Å². The Morgan fingerprint density at radius 1 is 1.33 bits per heavy atom. The number of piperidine rings is 1. The average molecular weight is 291 g/mol. The normalized spacial score (nSPS) is 19.6. The molecule has 1 aliphatic rings. The third kappa shape index (κ3) is 3.13. The lowest BCUT2D eigenvalue weighted by Gasteiger charge is -2.22. The Kier molecular flexibility index (Phi) is 4.43. The fourth-order valence-electron chi connectivity index (χ4n) is 1.93. The summed E-state index contributed by atoms with van der Waals surface area (Å²) in [6, 6.07) is 2.49. The maximum absolute atomic E-state index is 13.2. The lowest BCUT2D eigenvalue weighted by atomic mass is 10.0. The highest BCUT2D eigenvalue weighted by Crippen LogP contribution is 2.27. The van der Waals surface area contributed by atoms with Gasteiger partial charge in [0, 0.05) is 5.69 Å². The summed E-state index contributed by atoms with van der Waals surface area (Å²) in [4.78, 5) is 11.9. The number of nitrogens with one attached hydrogen (secondary N) is 2. The third-order valence-electron chi connectivity index (χ3n) is 2.88. The van der Waals surface area contributed by atoms with Crippen LogP contribution in [0.25, 0.3) is 0 Å². The molecule has 0 aromatic heterocycles. The summed E-state index contributed by atoms with van der Waals surface area (Å²) >= 11 is 11.3. The molecule has 1 aromatic carbocycles. The predicted octanol–water partition coefficient (Wildman–Crippen LogP) is 3.21. The molecule has 2 rings (SSSR count). The van der Waals surface area contributed by atoms with E-state index in [1.165, 1.54) is 12.1 Å². The zero-order valence-corrected chi connectivity index (χ0v) is 11.1. The van der Waals surface area contributed by atoms with Gasteiger partial charge < -0.3 is 10.6 Å². The van der Waals surface area contributed by atoms with E-state index in [9.17, 15) is 9.18 Å². The van der Waals surface area contributed by atoms with Crippen molar-refractivity contribution in [3.8, 4) is 0 Å². The summed E-state index contributed by atoms with van der Waals surface area (Å²) in [5.41, 5.74) is 0.406. The van der Waals surface area contributed by atoms with E-state index < -0.39 is 5.82 Å². The number of halogens is 3. The molecular formula is C12H13Cl2FN2O. The Hall–Kier alpha value is -0.840. The van der Waals surface area contributed by atoms with Crippen molar-refractivity contribution in [1.29, 1.82) is 0 Å². The molecule has 6 heteroatoms. The highest BCUT2D eigenvalue weighted by Gasteiger charge is 2.21. The van der Waals surface area contributed by atoms with E-state index in [2.05, 4.69) is 10.6 Å². The van der Waals surface area contributed by atoms with Gasteiger partial charge in [0.1, 0.15) is 0 Å². The van der Waals surface area contributed by atoms with Crippen LogP contribution in [0.5, 0.6) is 0 Å². The van der Waals surface area contributed by atoms with Crippen molar-refractivity contribution in [1.82, 2.24) is 5.32 Å². The number of amides is 1. The fraction of sp³-hybridized carbons (Fsp3) is 0.417. The fourth-order valence-corrected chi connectivity index (χ4v) is 2.42. The molecule has 98 valence electrons. The number of carbonyl (C=O) groups is 1. The SMILES string of the molecule is O=C(Nc1cc(Cl)c(F)c(Cl)c1)C1CCCCN1. The second-order valence-electron chi connectivity index (χ2n) is 4.25. The van der Waals surface area contributed by atoms with Crippen molar-refractivity contribution in [2.45, 2.75) is 25.3 Å². The van der Waals surface area contributed by atoms with Crippen LogP contribution in [0.3, 0.4) is 0 Å². The number of anilines is 1. The molecule has 3 nitrogen and oxygen atoms in total. The van der Waals surface area contributed by atoms with Gasteiger partial charge in [0.05, 0.1) is 16.1 Å². The minimum atomic E-state index is -0.674. The van der Waals surface area contributed by atoms with Gasteiger partial charge in [0.25, 0.3) is 0 Å². The lowest BCUT2D eigenvalue weighted by Crippen LogP contribution is -2.43. The number of benzene rings is 1.